The van der Waals surface area contributed by atoms with Crippen molar-refractivity contribution in [3.8, 4) is 0 Å². The van der Waals surface area contributed by atoms with Crippen molar-refractivity contribution < 1.29 is 4.79 Å². The lowest BCUT2D eigenvalue weighted by atomic mass is 9.99. The molecule has 0 aromatic carbocycles. The van der Waals surface area contributed by atoms with Gasteiger partial charge in [-0.3, -0.25) is 4.79 Å². The maximum Gasteiger partial charge on any atom is 0.229 e. The summed E-state index contributed by atoms with van der Waals surface area (Å²) < 4.78 is 0. The third kappa shape index (κ3) is 2.04. The first-order valence-electron chi connectivity index (χ1n) is 6.54. The Hall–Kier alpha value is -1.09. The van der Waals surface area contributed by atoms with Gasteiger partial charge in [-0.15, -0.1) is 0 Å². The number of rotatable bonds is 1. The molecule has 0 saturated carbocycles. The Labute approximate surface area is 103 Å². The highest BCUT2D eigenvalue weighted by molar-refractivity contribution is 5.81. The maximum atomic E-state index is 12.3. The number of hydrogen-bond donors (Lipinski definition) is 0. The third-order valence-corrected chi connectivity index (χ3v) is 4.28. The standard InChI is InChI=1S/C14H20N2O/c1-15-7-12-9-16(10-13(12)8-15)14(17)11-5-3-2-4-6-11/h2-5,11-13H,6-10H2,1H3. The normalized spacial score (nSPS) is 36.5. The number of carbonyl (C=O) groups excluding carboxylic acids is 1. The van der Waals surface area contributed by atoms with E-state index in [-0.39, 0.29) is 5.92 Å². The number of likely N-dealkylation sites (tertiary alicyclic amines) is 2. The lowest BCUT2D eigenvalue weighted by Crippen LogP contribution is -2.36. The molecule has 1 aliphatic carbocycles. The van der Waals surface area contributed by atoms with Crippen LogP contribution in [0.2, 0.25) is 0 Å². The van der Waals surface area contributed by atoms with E-state index in [9.17, 15) is 4.79 Å². The molecule has 3 atom stereocenters. The van der Waals surface area contributed by atoms with E-state index in [1.807, 2.05) is 18.2 Å². The van der Waals surface area contributed by atoms with Crippen molar-refractivity contribution in [1.29, 1.82) is 0 Å². The Morgan fingerprint density at radius 2 is 1.82 bits per heavy atom. The van der Waals surface area contributed by atoms with Crippen LogP contribution in [0.25, 0.3) is 0 Å². The second-order valence-corrected chi connectivity index (χ2v) is 5.64. The van der Waals surface area contributed by atoms with Gasteiger partial charge in [0.05, 0.1) is 5.92 Å². The lowest BCUT2D eigenvalue weighted by Gasteiger charge is -2.23. The first-order valence-corrected chi connectivity index (χ1v) is 6.54. The molecule has 3 unspecified atom stereocenters. The molecule has 3 nitrogen and oxygen atoms in total. The highest BCUT2D eigenvalue weighted by Gasteiger charge is 2.41. The van der Waals surface area contributed by atoms with Gasteiger partial charge in [0.25, 0.3) is 0 Å². The summed E-state index contributed by atoms with van der Waals surface area (Å²) in [6, 6.07) is 0. The van der Waals surface area contributed by atoms with E-state index in [0.717, 1.165) is 32.6 Å². The Morgan fingerprint density at radius 1 is 1.12 bits per heavy atom. The van der Waals surface area contributed by atoms with Gasteiger partial charge in [-0.1, -0.05) is 24.3 Å². The second-order valence-electron chi connectivity index (χ2n) is 5.64. The summed E-state index contributed by atoms with van der Waals surface area (Å²) in [4.78, 5) is 16.8. The Morgan fingerprint density at radius 3 is 2.41 bits per heavy atom. The maximum absolute atomic E-state index is 12.3. The van der Waals surface area contributed by atoms with Crippen molar-refractivity contribution in [3.05, 3.63) is 24.3 Å². The number of fused-ring (bicyclic) bond motifs is 1. The predicted molar refractivity (Wildman–Crippen MR) is 67.4 cm³/mol. The van der Waals surface area contributed by atoms with Gasteiger partial charge < -0.3 is 9.80 Å². The van der Waals surface area contributed by atoms with E-state index < -0.39 is 0 Å². The van der Waals surface area contributed by atoms with E-state index in [4.69, 9.17) is 0 Å². The van der Waals surface area contributed by atoms with Crippen LogP contribution in [0, 0.1) is 17.8 Å². The summed E-state index contributed by atoms with van der Waals surface area (Å²) >= 11 is 0. The number of allylic oxidation sites excluding steroid dienone is 3. The molecule has 2 aliphatic heterocycles. The van der Waals surface area contributed by atoms with Crippen molar-refractivity contribution in [2.24, 2.45) is 17.8 Å². The van der Waals surface area contributed by atoms with E-state index in [1.54, 1.807) is 0 Å². The topological polar surface area (TPSA) is 23.6 Å². The average Bonchev–Trinajstić information content (AvgIpc) is 2.86. The van der Waals surface area contributed by atoms with Crippen molar-refractivity contribution in [1.82, 2.24) is 9.80 Å². The van der Waals surface area contributed by atoms with Crippen LogP contribution in [0.3, 0.4) is 0 Å². The quantitative estimate of drug-likeness (QED) is 0.677. The molecule has 3 heteroatoms. The van der Waals surface area contributed by atoms with Gasteiger partial charge >= 0.3 is 0 Å². The molecule has 3 rings (SSSR count). The fourth-order valence-electron chi connectivity index (χ4n) is 3.41. The highest BCUT2D eigenvalue weighted by atomic mass is 16.2. The molecule has 0 spiro atoms. The molecule has 3 aliphatic rings. The first kappa shape index (κ1) is 11.0. The van der Waals surface area contributed by atoms with Gasteiger partial charge in [-0.05, 0) is 25.3 Å². The molecule has 0 aromatic heterocycles. The van der Waals surface area contributed by atoms with E-state index in [1.165, 1.54) is 0 Å². The van der Waals surface area contributed by atoms with Crippen molar-refractivity contribution >= 4 is 5.91 Å². The summed E-state index contributed by atoms with van der Waals surface area (Å²) in [7, 11) is 2.18. The minimum atomic E-state index is 0.0940. The molecule has 0 bridgehead atoms. The van der Waals surface area contributed by atoms with Gasteiger partial charge in [0.1, 0.15) is 0 Å². The molecule has 17 heavy (non-hydrogen) atoms. The van der Waals surface area contributed by atoms with Gasteiger partial charge in [0.2, 0.25) is 5.91 Å². The van der Waals surface area contributed by atoms with E-state index in [0.29, 0.717) is 17.7 Å². The highest BCUT2D eigenvalue weighted by Crippen LogP contribution is 2.31. The van der Waals surface area contributed by atoms with Gasteiger partial charge in [0.15, 0.2) is 0 Å². The van der Waals surface area contributed by atoms with Crippen LogP contribution < -0.4 is 0 Å². The number of nitrogens with zero attached hydrogens (tertiary/aromatic N) is 2. The average molecular weight is 232 g/mol. The minimum absolute atomic E-state index is 0.0940. The fourth-order valence-corrected chi connectivity index (χ4v) is 3.41. The summed E-state index contributed by atoms with van der Waals surface area (Å²) in [6.45, 7) is 4.27. The van der Waals surface area contributed by atoms with Crippen LogP contribution in [-0.2, 0) is 4.79 Å². The van der Waals surface area contributed by atoms with Crippen LogP contribution in [-0.4, -0.2) is 48.9 Å². The smallest absolute Gasteiger partial charge is 0.229 e. The van der Waals surface area contributed by atoms with Crippen LogP contribution >= 0.6 is 0 Å². The number of carbonyl (C=O) groups is 1. The summed E-state index contributed by atoms with van der Waals surface area (Å²) in [6.07, 6.45) is 9.03. The van der Waals surface area contributed by atoms with Gasteiger partial charge in [0, 0.05) is 26.2 Å². The largest absolute Gasteiger partial charge is 0.342 e. The van der Waals surface area contributed by atoms with Crippen molar-refractivity contribution in [2.75, 3.05) is 33.2 Å². The Kier molecular flexibility index (Phi) is 2.79. The molecule has 2 fully saturated rings. The Bertz CT molecular complexity index is 360. The first-order chi connectivity index (χ1) is 8.24. The zero-order valence-corrected chi connectivity index (χ0v) is 10.4. The molecular formula is C14H20N2O. The molecule has 0 N–H and O–H groups in total. The van der Waals surface area contributed by atoms with Crippen LogP contribution in [0.15, 0.2) is 24.3 Å². The van der Waals surface area contributed by atoms with Crippen molar-refractivity contribution in [3.63, 3.8) is 0 Å². The third-order valence-electron chi connectivity index (χ3n) is 4.28. The SMILES string of the molecule is CN1CC2CN(C(=O)C3C=CC=CC3)CC2C1. The molecule has 2 heterocycles. The van der Waals surface area contributed by atoms with Crippen LogP contribution in [0.5, 0.6) is 0 Å². The molecule has 1 amide bonds. The number of amides is 1. The van der Waals surface area contributed by atoms with Crippen LogP contribution in [0.4, 0.5) is 0 Å². The second kappa shape index (κ2) is 4.30. The van der Waals surface area contributed by atoms with Gasteiger partial charge in [-0.25, -0.2) is 0 Å². The Balaban J connectivity index is 1.62. The predicted octanol–water partition coefficient (Wildman–Crippen LogP) is 1.14. The van der Waals surface area contributed by atoms with E-state index >= 15 is 0 Å². The van der Waals surface area contributed by atoms with Crippen LogP contribution in [0.1, 0.15) is 6.42 Å². The van der Waals surface area contributed by atoms with Gasteiger partial charge in [-0.2, -0.15) is 0 Å². The lowest BCUT2D eigenvalue weighted by molar-refractivity contribution is -0.133. The summed E-state index contributed by atoms with van der Waals surface area (Å²) in [5, 5.41) is 0. The molecule has 92 valence electrons. The summed E-state index contributed by atoms with van der Waals surface area (Å²) in [5.74, 6) is 1.86. The zero-order chi connectivity index (χ0) is 11.8. The fraction of sp³-hybridized carbons (Fsp3) is 0.643. The van der Waals surface area contributed by atoms with Crippen molar-refractivity contribution in [2.45, 2.75) is 6.42 Å². The molecule has 0 aromatic rings. The molecular weight excluding hydrogens is 212 g/mol. The summed E-state index contributed by atoms with van der Waals surface area (Å²) in [5.41, 5.74) is 0. The number of hydrogen-bond acceptors (Lipinski definition) is 2. The molecule has 0 radical (unpaired) electrons. The molecule has 2 saturated heterocycles. The minimum Gasteiger partial charge on any atom is -0.342 e. The monoisotopic (exact) mass is 232 g/mol. The van der Waals surface area contributed by atoms with E-state index in [2.05, 4.69) is 22.9 Å². The zero-order valence-electron chi connectivity index (χ0n) is 10.4.